The first-order chi connectivity index (χ1) is 49.3. The van der Waals surface area contributed by atoms with Gasteiger partial charge in [-0.3, -0.25) is 31.6 Å². The summed E-state index contributed by atoms with van der Waals surface area (Å²) in [6.45, 7) is 15.4. The predicted octanol–water partition coefficient (Wildman–Crippen LogP) is 18.7. The SMILES string of the molecule is CC(=O)C=C(C)O.CN1C=CN(c2[c-]cc(F)cc2)[CH-]1.CN1[CH-]N(c2[c-]cccc2)c2ccccc21.Fc1c[c-]c(-c2ccccn2)c(F)c1.O=C(O)c1ccccn1.[C-]#[N+]c1c(F)c[c-]c(-c2cc(C)ccn2)c1F.[Ir].[Ir].[Ir].[Ir].[Ir].[c-]1c(-c2ccccn2)sc2ccccc12.[c-]1ccccc1-c1ccn[n-]1. The smallest absolute Gasteiger partial charge is 0.354 e. The van der Waals surface area contributed by atoms with E-state index in [0.717, 1.165) is 57.0 Å². The van der Waals surface area contributed by atoms with Crippen LogP contribution >= 0.6 is 11.3 Å². The van der Waals surface area contributed by atoms with Gasteiger partial charge in [0.25, 0.3) is 0 Å². The van der Waals surface area contributed by atoms with Crippen LogP contribution in [0.1, 0.15) is 29.9 Å². The number of carboxylic acids is 1. The van der Waals surface area contributed by atoms with Crippen LogP contribution < -0.4 is 19.8 Å². The van der Waals surface area contributed by atoms with Gasteiger partial charge in [-0.1, -0.05) is 77.9 Å². The fraction of sp³-hybridized carbons (Fsp3) is 0.0617. The zero-order valence-electron chi connectivity index (χ0n) is 57.0. The second kappa shape index (κ2) is 47.8. The molecule has 559 valence electrons. The Morgan fingerprint density at radius 2 is 1.21 bits per heavy atom. The van der Waals surface area contributed by atoms with Gasteiger partial charge in [0.15, 0.2) is 11.5 Å². The molecule has 0 fully saturated rings. The first-order valence-corrected chi connectivity index (χ1v) is 31.5. The molecule has 15 rings (SSSR count). The number of ketones is 1. The number of hydrogen-bond acceptors (Lipinski definition) is 13. The molecule has 26 heteroatoms. The van der Waals surface area contributed by atoms with E-state index in [0.29, 0.717) is 11.4 Å². The van der Waals surface area contributed by atoms with Gasteiger partial charge >= 0.3 is 5.97 Å². The molecule has 0 saturated carbocycles. The number of benzene rings is 7. The zero-order chi connectivity index (χ0) is 72.8. The van der Waals surface area contributed by atoms with Crippen LogP contribution in [0.2, 0.25) is 0 Å². The van der Waals surface area contributed by atoms with Gasteiger partial charge in [-0.05, 0) is 117 Å². The van der Waals surface area contributed by atoms with Crippen molar-refractivity contribution in [3.63, 3.8) is 0 Å². The largest absolute Gasteiger partial charge is 0.619 e. The summed E-state index contributed by atoms with van der Waals surface area (Å²) in [4.78, 5) is 48.0. The van der Waals surface area contributed by atoms with Crippen molar-refractivity contribution < 1.29 is 142 Å². The number of aryl methyl sites for hydroxylation is 1. The van der Waals surface area contributed by atoms with E-state index in [2.05, 4.69) is 143 Å². The number of aliphatic hydroxyl groups is 1. The van der Waals surface area contributed by atoms with E-state index in [1.165, 1.54) is 72.0 Å². The fourth-order valence-electron chi connectivity index (χ4n) is 8.99. The number of carbonyl (C=O) groups excluding carboxylic acids is 1. The minimum atomic E-state index is -0.990. The average molecular weight is 2340 g/mol. The third-order valence-corrected chi connectivity index (χ3v) is 14.7. The number of nitrogens with zero attached hydrogens (tertiary/aromatic N) is 11. The number of carboxylic acid groups (broad SMARTS) is 1. The molecule has 6 aromatic heterocycles. The van der Waals surface area contributed by atoms with Gasteiger partial charge in [0, 0.05) is 178 Å². The van der Waals surface area contributed by atoms with Crippen molar-refractivity contribution in [2.75, 3.05) is 28.8 Å². The van der Waals surface area contributed by atoms with Gasteiger partial charge in [-0.15, -0.1) is 119 Å². The summed E-state index contributed by atoms with van der Waals surface area (Å²) in [6.07, 6.45) is 13.0. The number of fused-ring (bicyclic) bond motifs is 2. The van der Waals surface area contributed by atoms with E-state index in [1.807, 2.05) is 122 Å². The maximum absolute atomic E-state index is 13.8. The van der Waals surface area contributed by atoms with Gasteiger partial charge in [-0.2, -0.15) is 55.3 Å². The van der Waals surface area contributed by atoms with Crippen molar-refractivity contribution in [2.24, 2.45) is 0 Å². The number of pyridine rings is 4. The van der Waals surface area contributed by atoms with Crippen LogP contribution in [0.5, 0.6) is 0 Å². The predicted molar refractivity (Wildman–Crippen MR) is 387 cm³/mol. The Morgan fingerprint density at radius 3 is 1.74 bits per heavy atom. The number of anilines is 4. The normalized spacial score (nSPS) is 10.9. The monoisotopic (exact) mass is 2340 g/mol. The van der Waals surface area contributed by atoms with Crippen LogP contribution in [0.3, 0.4) is 0 Å². The number of aliphatic hydroxyl groups excluding tert-OH is 1. The Morgan fingerprint density at radius 1 is 0.579 bits per heavy atom. The standard InChI is InChI=1S/C14H12N2.C13H7F2N2.C13H8NS.C11H6F2N.C10H9FN2.C9H6N2.C6H5NO2.C5H8O2.5Ir/c1-15-11-16(12-7-3-2-4-8-12)14-10-6-5-9-13(14)15;1-8-5-6-17-11(7-8)9-3-4-10(14)13(16-2)12(9)15;1-2-7-12-10(5-1)9-13(15-12)11-6-3-4-8-14-11;12-8-4-5-9(10(13)7-8)11-3-1-2-6-14-11;1-12-6-7-13(8-12)10-4-2-9(11)3-5-10;1-2-4-8(5-3-1)9-6-7-10-11-9;8-6(9)5-3-1-2-4-7-5;1-4(6)3-5(2)7;;;;;/h2-7,9-11H,1H3;4-7H,1H3;1-8H;1-4,6-7H;2-4,6-8H,1H3;1-4,6-7H;1-4H,(H,8,9);3,6H,1-2H3;;;;;/q-2;3*-1;2*-2;;;;;;;. The number of aromatic carboxylic acids is 1. The number of para-hydroxylation sites is 3. The van der Waals surface area contributed by atoms with Gasteiger partial charge in [-0.25, -0.2) is 26.8 Å². The number of rotatable bonds is 8. The summed E-state index contributed by atoms with van der Waals surface area (Å²) in [7, 11) is 3.99. The molecule has 0 saturated heterocycles. The maximum Gasteiger partial charge on any atom is 0.354 e. The number of hydrogen-bond donors (Lipinski definition) is 2. The molecule has 2 aliphatic heterocycles. The average Bonchev–Trinajstić information content (AvgIpc) is 1.75. The Kier molecular flexibility index (Phi) is 40.9. The number of aromatic nitrogens is 6. The summed E-state index contributed by atoms with van der Waals surface area (Å²) in [5.41, 5.74) is 8.55. The van der Waals surface area contributed by atoms with Crippen molar-refractivity contribution in [1.29, 1.82) is 0 Å². The Labute approximate surface area is 689 Å². The third-order valence-electron chi connectivity index (χ3n) is 13.6. The van der Waals surface area contributed by atoms with Crippen LogP contribution in [0.4, 0.5) is 50.4 Å². The minimum absolute atomic E-state index is 0. The maximum atomic E-state index is 13.8. The van der Waals surface area contributed by atoms with Crippen molar-refractivity contribution >= 4 is 61.6 Å². The van der Waals surface area contributed by atoms with Crippen LogP contribution in [0.15, 0.2) is 261 Å². The van der Waals surface area contributed by atoms with Crippen molar-refractivity contribution in [3.05, 3.63) is 363 Å². The molecule has 0 spiro atoms. The molecule has 0 aliphatic carbocycles. The molecule has 5 radical (unpaired) electrons. The molecule has 15 nitrogen and oxygen atoms in total. The zero-order valence-corrected chi connectivity index (χ0v) is 69.8. The van der Waals surface area contributed by atoms with Gasteiger partial charge in [0.1, 0.15) is 5.69 Å². The molecule has 13 aromatic rings. The summed E-state index contributed by atoms with van der Waals surface area (Å²) in [6, 6.07) is 78.2. The van der Waals surface area contributed by atoms with E-state index < -0.39 is 34.9 Å². The molecule has 0 amide bonds. The molecule has 2 aliphatic rings. The summed E-state index contributed by atoms with van der Waals surface area (Å²) in [5.74, 6) is -4.43. The molecule has 0 bridgehead atoms. The molecule has 0 unspecified atom stereocenters. The van der Waals surface area contributed by atoms with E-state index in [4.69, 9.17) is 16.8 Å². The van der Waals surface area contributed by atoms with Gasteiger partial charge in [0.05, 0.1) is 12.3 Å². The van der Waals surface area contributed by atoms with E-state index in [9.17, 15) is 31.5 Å². The Balaban J connectivity index is 0.000000319. The summed E-state index contributed by atoms with van der Waals surface area (Å²) in [5, 5.41) is 25.5. The summed E-state index contributed by atoms with van der Waals surface area (Å²) >= 11 is 1.73. The second-order valence-electron chi connectivity index (χ2n) is 21.3. The van der Waals surface area contributed by atoms with Crippen molar-refractivity contribution in [3.8, 4) is 44.3 Å². The Bertz CT molecular complexity index is 4880. The second-order valence-corrected chi connectivity index (χ2v) is 22.4. The van der Waals surface area contributed by atoms with Gasteiger partial charge in [0.2, 0.25) is 0 Å². The molecular weight excluding hydrogens is 2280 g/mol. The molecule has 2 N–H and O–H groups in total. The minimum Gasteiger partial charge on any atom is -0.619 e. The third kappa shape index (κ3) is 28.9. The molecular formula is C81H61F5Ir5N11O4S-9. The molecule has 0 atom stereocenters. The molecule has 7 aromatic carbocycles. The van der Waals surface area contributed by atoms with Gasteiger partial charge < -0.3 is 55.0 Å². The van der Waals surface area contributed by atoms with Crippen LogP contribution in [-0.2, 0) is 105 Å². The van der Waals surface area contributed by atoms with Crippen LogP contribution in [0, 0.1) is 92.3 Å². The van der Waals surface area contributed by atoms with Crippen molar-refractivity contribution in [2.45, 2.75) is 20.8 Å². The first-order valence-electron chi connectivity index (χ1n) is 30.7. The van der Waals surface area contributed by atoms with E-state index in [1.54, 1.807) is 72.3 Å². The van der Waals surface area contributed by atoms with Crippen LogP contribution in [0.25, 0.3) is 59.3 Å². The fourth-order valence-corrected chi connectivity index (χ4v) is 9.97. The first kappa shape index (κ1) is 91.5. The molecule has 8 heterocycles. The van der Waals surface area contributed by atoms with Crippen molar-refractivity contribution in [1.82, 2.24) is 35.0 Å². The number of allylic oxidation sites excluding steroid dienone is 2. The van der Waals surface area contributed by atoms with E-state index >= 15 is 0 Å². The Hall–Kier alpha value is -9.68. The topological polar surface area (TPSA) is 170 Å². The number of carbonyl (C=O) groups is 2. The summed E-state index contributed by atoms with van der Waals surface area (Å²) < 4.78 is 66.6. The number of thiophene rings is 1. The number of halogens is 5. The quantitative estimate of drug-likeness (QED) is 0.0637. The molecule has 107 heavy (non-hydrogen) atoms. The van der Waals surface area contributed by atoms with E-state index in [-0.39, 0.29) is 135 Å². The van der Waals surface area contributed by atoms with Crippen LogP contribution in [-0.4, -0.2) is 66.0 Å².